The Labute approximate surface area is 140 Å². The van der Waals surface area contributed by atoms with Crippen LogP contribution >= 0.6 is 0 Å². The normalized spacial score (nSPS) is 19.7. The third-order valence-corrected chi connectivity index (χ3v) is 4.31. The highest BCUT2D eigenvalue weighted by molar-refractivity contribution is 5.37. The van der Waals surface area contributed by atoms with E-state index in [2.05, 4.69) is 56.1 Å². The Kier molecular flexibility index (Phi) is 7.73. The molecule has 0 heterocycles. The summed E-state index contributed by atoms with van der Waals surface area (Å²) in [7, 11) is 0. The van der Waals surface area contributed by atoms with Crippen molar-refractivity contribution in [2.24, 2.45) is 10.8 Å². The van der Waals surface area contributed by atoms with Crippen LogP contribution in [0.25, 0.3) is 0 Å². The summed E-state index contributed by atoms with van der Waals surface area (Å²) in [6.45, 7) is 11.2. The average molecular weight is 315 g/mol. The van der Waals surface area contributed by atoms with Crippen molar-refractivity contribution in [1.29, 1.82) is 0 Å². The topological polar surface area (TPSA) is 38.7 Å². The van der Waals surface area contributed by atoms with E-state index in [4.69, 9.17) is 0 Å². The molecule has 0 radical (unpaired) electrons. The van der Waals surface area contributed by atoms with E-state index in [0.29, 0.717) is 0 Å². The van der Waals surface area contributed by atoms with E-state index in [-0.39, 0.29) is 12.0 Å². The second-order valence-corrected chi connectivity index (χ2v) is 6.85. The Morgan fingerprint density at radius 3 is 2.65 bits per heavy atom. The Balaban J connectivity index is 2.69. The highest BCUT2D eigenvalue weighted by atomic mass is 16.7. The van der Waals surface area contributed by atoms with Gasteiger partial charge in [-0.3, -0.25) is 0 Å². The molecule has 3 nitrogen and oxygen atoms in total. The smallest absolute Gasteiger partial charge is 0.155 e. The van der Waals surface area contributed by atoms with Crippen LogP contribution in [0, 0.1) is 10.3 Å². The van der Waals surface area contributed by atoms with Crippen molar-refractivity contribution >= 4 is 0 Å². The highest BCUT2D eigenvalue weighted by Crippen LogP contribution is 2.40. The molecule has 1 aliphatic carbocycles. The molecule has 0 amide bonds. The van der Waals surface area contributed by atoms with Gasteiger partial charge in [0.2, 0.25) is 0 Å². The zero-order chi connectivity index (χ0) is 17.3. The van der Waals surface area contributed by atoms with Crippen LogP contribution < -0.4 is 0 Å². The van der Waals surface area contributed by atoms with Crippen LogP contribution in [0.1, 0.15) is 53.9 Å². The molecule has 0 N–H and O–H groups in total. The molecule has 0 aromatic heterocycles. The van der Waals surface area contributed by atoms with Crippen molar-refractivity contribution in [1.82, 2.24) is 0 Å². The molecule has 0 bridgehead atoms. The Bertz CT molecular complexity index is 560. The fourth-order valence-corrected chi connectivity index (χ4v) is 2.90. The Morgan fingerprint density at radius 2 is 2.00 bits per heavy atom. The number of hydrogen-bond donors (Lipinski definition) is 0. The maximum atomic E-state index is 9.82. The van der Waals surface area contributed by atoms with Crippen molar-refractivity contribution in [2.75, 3.05) is 6.61 Å². The zero-order valence-corrected chi connectivity index (χ0v) is 15.1. The minimum absolute atomic E-state index is 0.213. The summed E-state index contributed by atoms with van der Waals surface area (Å²) in [6.07, 6.45) is 16.1. The van der Waals surface area contributed by atoms with Crippen LogP contribution in [0.3, 0.4) is 0 Å². The van der Waals surface area contributed by atoms with E-state index in [9.17, 15) is 4.91 Å². The van der Waals surface area contributed by atoms with Gasteiger partial charge in [0.25, 0.3) is 0 Å². The zero-order valence-electron chi connectivity index (χ0n) is 15.1. The molecule has 0 fully saturated rings. The predicted molar refractivity (Wildman–Crippen MR) is 97.9 cm³/mol. The monoisotopic (exact) mass is 315 g/mol. The van der Waals surface area contributed by atoms with Crippen LogP contribution in [-0.4, -0.2) is 6.61 Å². The minimum atomic E-state index is 0.213. The average Bonchev–Trinajstić information content (AvgIpc) is 2.46. The van der Waals surface area contributed by atoms with Gasteiger partial charge in [-0.05, 0) is 57.1 Å². The lowest BCUT2D eigenvalue weighted by Crippen LogP contribution is -2.19. The van der Waals surface area contributed by atoms with E-state index in [1.54, 1.807) is 0 Å². The van der Waals surface area contributed by atoms with Crippen molar-refractivity contribution in [3.63, 3.8) is 0 Å². The Morgan fingerprint density at radius 1 is 1.26 bits per heavy atom. The van der Waals surface area contributed by atoms with Gasteiger partial charge in [-0.25, -0.2) is 0 Å². The molecule has 126 valence electrons. The van der Waals surface area contributed by atoms with Gasteiger partial charge in [0.05, 0.1) is 0 Å². The second kappa shape index (κ2) is 9.29. The summed E-state index contributed by atoms with van der Waals surface area (Å²) in [5.74, 6) is 0. The molecular weight excluding hydrogens is 286 g/mol. The lowest BCUT2D eigenvalue weighted by molar-refractivity contribution is 0.169. The van der Waals surface area contributed by atoms with E-state index in [0.717, 1.165) is 5.57 Å². The van der Waals surface area contributed by atoms with E-state index < -0.39 is 0 Å². The molecular formula is C20H29NO2. The van der Waals surface area contributed by atoms with Gasteiger partial charge < -0.3 is 4.84 Å². The highest BCUT2D eigenvalue weighted by Gasteiger charge is 2.26. The number of hydrogen-bond acceptors (Lipinski definition) is 3. The molecule has 0 aromatic rings. The fraction of sp³-hybridized carbons (Fsp3) is 0.500. The maximum Gasteiger partial charge on any atom is 0.155 e. The van der Waals surface area contributed by atoms with Crippen LogP contribution in [0.2, 0.25) is 0 Å². The molecule has 0 saturated carbocycles. The van der Waals surface area contributed by atoms with E-state index >= 15 is 0 Å². The third kappa shape index (κ3) is 6.81. The minimum Gasteiger partial charge on any atom is -0.360 e. The van der Waals surface area contributed by atoms with Gasteiger partial charge >= 0.3 is 0 Å². The van der Waals surface area contributed by atoms with Gasteiger partial charge in [-0.15, -0.1) is 4.91 Å². The van der Waals surface area contributed by atoms with Crippen LogP contribution in [0.4, 0.5) is 0 Å². The summed E-state index contributed by atoms with van der Waals surface area (Å²) in [6, 6.07) is 0. The van der Waals surface area contributed by atoms with Crippen LogP contribution in [-0.2, 0) is 4.84 Å². The standard InChI is InChI=1S/C20H29NO2/c1-16(8-6-9-17(2)13-15-23-21-22)11-12-19-18(3)10-7-14-20(19,4)5/h6,8-9,11-13H,7,10,14-15H2,1-5H3/b9-6+,12-11+,16-8+,17-13-. The molecule has 0 aliphatic heterocycles. The predicted octanol–water partition coefficient (Wildman–Crippen LogP) is 6.22. The molecule has 1 rings (SSSR count). The lowest BCUT2D eigenvalue weighted by atomic mass is 9.72. The molecule has 23 heavy (non-hydrogen) atoms. The lowest BCUT2D eigenvalue weighted by Gasteiger charge is -2.32. The largest absolute Gasteiger partial charge is 0.360 e. The van der Waals surface area contributed by atoms with Gasteiger partial charge in [0.15, 0.2) is 5.34 Å². The number of rotatable bonds is 7. The molecule has 3 heteroatoms. The van der Waals surface area contributed by atoms with Gasteiger partial charge in [0.1, 0.15) is 6.61 Å². The summed E-state index contributed by atoms with van der Waals surface area (Å²) in [5.41, 5.74) is 5.52. The first kappa shape index (κ1) is 19.1. The van der Waals surface area contributed by atoms with Gasteiger partial charge in [-0.1, -0.05) is 60.9 Å². The molecule has 0 spiro atoms. The van der Waals surface area contributed by atoms with Crippen LogP contribution in [0.15, 0.2) is 64.1 Å². The van der Waals surface area contributed by atoms with Crippen LogP contribution in [0.5, 0.6) is 0 Å². The maximum absolute atomic E-state index is 9.82. The first-order valence-corrected chi connectivity index (χ1v) is 8.21. The summed E-state index contributed by atoms with van der Waals surface area (Å²) in [4.78, 5) is 14.2. The number of allylic oxidation sites excluding steroid dienone is 9. The third-order valence-electron chi connectivity index (χ3n) is 4.31. The summed E-state index contributed by atoms with van der Waals surface area (Å²) < 4.78 is 0. The second-order valence-electron chi connectivity index (χ2n) is 6.85. The van der Waals surface area contributed by atoms with Crippen molar-refractivity contribution in [3.05, 3.63) is 63.7 Å². The molecule has 0 saturated heterocycles. The Hall–Kier alpha value is -1.90. The van der Waals surface area contributed by atoms with Crippen molar-refractivity contribution < 1.29 is 4.84 Å². The first-order chi connectivity index (χ1) is 10.9. The van der Waals surface area contributed by atoms with Gasteiger partial charge in [-0.2, -0.15) is 0 Å². The number of nitrogens with zero attached hydrogens (tertiary/aromatic N) is 1. The van der Waals surface area contributed by atoms with Gasteiger partial charge in [0, 0.05) is 0 Å². The summed E-state index contributed by atoms with van der Waals surface area (Å²) in [5, 5.41) is 2.36. The summed E-state index contributed by atoms with van der Waals surface area (Å²) >= 11 is 0. The SMILES string of the molecule is CC1=C(/C=C/C(C)=C/C=C/C(C)=C\CON=O)C(C)(C)CCC1. The first-order valence-electron chi connectivity index (χ1n) is 8.21. The molecule has 1 aliphatic rings. The molecule has 0 unspecified atom stereocenters. The van der Waals surface area contributed by atoms with E-state index in [1.807, 2.05) is 25.2 Å². The van der Waals surface area contributed by atoms with E-state index in [1.165, 1.54) is 36.0 Å². The molecule has 0 aromatic carbocycles. The van der Waals surface area contributed by atoms with Crippen molar-refractivity contribution in [2.45, 2.75) is 53.9 Å². The van der Waals surface area contributed by atoms with Crippen molar-refractivity contribution in [3.8, 4) is 0 Å². The fourth-order valence-electron chi connectivity index (χ4n) is 2.90. The molecule has 0 atom stereocenters. The quantitative estimate of drug-likeness (QED) is 0.242.